The van der Waals surface area contributed by atoms with Crippen molar-refractivity contribution < 1.29 is 4.79 Å². The van der Waals surface area contributed by atoms with Gasteiger partial charge >= 0.3 is 0 Å². The highest BCUT2D eigenvalue weighted by atomic mass is 16.2. The van der Waals surface area contributed by atoms with E-state index >= 15 is 0 Å². The van der Waals surface area contributed by atoms with Crippen LogP contribution in [0.1, 0.15) is 23.3 Å². The number of hydrogen-bond acceptors (Lipinski definition) is 3. The molecular formula is C10H16N4O. The number of rotatable bonds is 2. The Hall–Kier alpha value is -1.36. The molecule has 1 saturated heterocycles. The summed E-state index contributed by atoms with van der Waals surface area (Å²) in [4.78, 5) is 13.9. The van der Waals surface area contributed by atoms with E-state index in [-0.39, 0.29) is 5.91 Å². The molecule has 2 N–H and O–H groups in total. The van der Waals surface area contributed by atoms with Crippen LogP contribution < -0.4 is 5.32 Å². The molecule has 1 aliphatic heterocycles. The van der Waals surface area contributed by atoms with Crippen molar-refractivity contribution in [1.82, 2.24) is 20.4 Å². The Labute approximate surface area is 88.8 Å². The second-order valence-corrected chi connectivity index (χ2v) is 4.02. The quantitative estimate of drug-likeness (QED) is 0.731. The molecule has 1 fully saturated rings. The highest BCUT2D eigenvalue weighted by Crippen LogP contribution is 2.08. The highest BCUT2D eigenvalue weighted by molar-refractivity contribution is 5.92. The van der Waals surface area contributed by atoms with Gasteiger partial charge in [-0.1, -0.05) is 0 Å². The van der Waals surface area contributed by atoms with E-state index in [1.54, 1.807) is 12.3 Å². The molecule has 1 aromatic rings. The first-order valence-corrected chi connectivity index (χ1v) is 5.24. The molecule has 0 bridgehead atoms. The van der Waals surface area contributed by atoms with Gasteiger partial charge in [-0.15, -0.1) is 0 Å². The molecular weight excluding hydrogens is 192 g/mol. The van der Waals surface area contributed by atoms with Gasteiger partial charge in [-0.05, 0) is 39.0 Å². The number of likely N-dealkylation sites (tertiary alicyclic amines) is 1. The van der Waals surface area contributed by atoms with Crippen LogP contribution in [0, 0.1) is 0 Å². The molecule has 0 saturated carbocycles. The van der Waals surface area contributed by atoms with E-state index in [9.17, 15) is 4.79 Å². The van der Waals surface area contributed by atoms with E-state index in [0.717, 1.165) is 25.9 Å². The van der Waals surface area contributed by atoms with Gasteiger partial charge in [0, 0.05) is 12.2 Å². The van der Waals surface area contributed by atoms with E-state index in [1.807, 2.05) is 0 Å². The molecule has 0 aliphatic carbocycles. The molecule has 1 aromatic heterocycles. The lowest BCUT2D eigenvalue weighted by Gasteiger charge is -2.29. The number of H-pyrrole nitrogens is 1. The van der Waals surface area contributed by atoms with Crippen molar-refractivity contribution in [3.8, 4) is 0 Å². The Morgan fingerprint density at radius 1 is 1.60 bits per heavy atom. The first-order valence-electron chi connectivity index (χ1n) is 5.24. The van der Waals surface area contributed by atoms with Crippen molar-refractivity contribution in [3.63, 3.8) is 0 Å². The number of carbonyl (C=O) groups excluding carboxylic acids is 1. The fraction of sp³-hybridized carbons (Fsp3) is 0.600. The summed E-state index contributed by atoms with van der Waals surface area (Å²) in [6.07, 6.45) is 3.64. The number of carbonyl (C=O) groups is 1. The molecule has 15 heavy (non-hydrogen) atoms. The van der Waals surface area contributed by atoms with Crippen LogP contribution >= 0.6 is 0 Å². The molecule has 0 atom stereocenters. The number of nitrogens with zero attached hydrogens (tertiary/aromatic N) is 2. The predicted molar refractivity (Wildman–Crippen MR) is 56.6 cm³/mol. The van der Waals surface area contributed by atoms with Crippen molar-refractivity contribution in [1.29, 1.82) is 0 Å². The summed E-state index contributed by atoms with van der Waals surface area (Å²) in [6, 6.07) is 1.99. The summed E-state index contributed by atoms with van der Waals surface area (Å²) in [7, 11) is 2.10. The average molecular weight is 208 g/mol. The molecule has 5 nitrogen and oxygen atoms in total. The summed E-state index contributed by atoms with van der Waals surface area (Å²) in [6.45, 7) is 2.10. The molecule has 0 radical (unpaired) electrons. The number of piperidine rings is 1. The number of aromatic nitrogens is 2. The zero-order chi connectivity index (χ0) is 10.7. The van der Waals surface area contributed by atoms with Crippen LogP contribution in [0.25, 0.3) is 0 Å². The number of aromatic amines is 1. The first-order chi connectivity index (χ1) is 7.25. The van der Waals surface area contributed by atoms with E-state index < -0.39 is 0 Å². The summed E-state index contributed by atoms with van der Waals surface area (Å²) in [5, 5.41) is 9.42. The Balaban J connectivity index is 1.85. The van der Waals surface area contributed by atoms with Gasteiger partial charge in [0.1, 0.15) is 5.69 Å². The smallest absolute Gasteiger partial charge is 0.269 e. The molecule has 2 heterocycles. The number of hydrogen-bond donors (Lipinski definition) is 2. The third-order valence-corrected chi connectivity index (χ3v) is 2.80. The van der Waals surface area contributed by atoms with E-state index in [1.165, 1.54) is 0 Å². The summed E-state index contributed by atoms with van der Waals surface area (Å²) in [5.41, 5.74) is 0.536. The van der Waals surface area contributed by atoms with Gasteiger partial charge in [0.05, 0.1) is 0 Å². The SMILES string of the molecule is CN1CCC(NC(=O)c2ccn[nH]2)CC1. The molecule has 0 unspecified atom stereocenters. The minimum atomic E-state index is -0.0537. The van der Waals surface area contributed by atoms with Gasteiger partial charge in [0.25, 0.3) is 5.91 Å². The first kappa shape index (κ1) is 10.2. The summed E-state index contributed by atoms with van der Waals surface area (Å²) in [5.74, 6) is -0.0537. The highest BCUT2D eigenvalue weighted by Gasteiger charge is 2.19. The maximum atomic E-state index is 11.7. The topological polar surface area (TPSA) is 61.0 Å². The lowest BCUT2D eigenvalue weighted by molar-refractivity contribution is 0.0912. The maximum Gasteiger partial charge on any atom is 0.269 e. The van der Waals surface area contributed by atoms with Crippen molar-refractivity contribution in [3.05, 3.63) is 18.0 Å². The molecule has 82 valence electrons. The van der Waals surface area contributed by atoms with E-state index in [0.29, 0.717) is 11.7 Å². The van der Waals surface area contributed by atoms with Crippen molar-refractivity contribution in [2.45, 2.75) is 18.9 Å². The Morgan fingerprint density at radius 2 is 2.33 bits per heavy atom. The second-order valence-electron chi connectivity index (χ2n) is 4.02. The summed E-state index contributed by atoms with van der Waals surface area (Å²) < 4.78 is 0. The second kappa shape index (κ2) is 4.44. The van der Waals surface area contributed by atoms with Gasteiger partial charge in [-0.2, -0.15) is 5.10 Å². The van der Waals surface area contributed by atoms with Crippen molar-refractivity contribution in [2.24, 2.45) is 0 Å². The number of amides is 1. The molecule has 0 spiro atoms. The predicted octanol–water partition coefficient (Wildman–Crippen LogP) is 0.234. The van der Waals surface area contributed by atoms with Crippen LogP contribution in [-0.4, -0.2) is 47.2 Å². The monoisotopic (exact) mass is 208 g/mol. The number of nitrogens with one attached hydrogen (secondary N) is 2. The molecule has 0 aromatic carbocycles. The minimum Gasteiger partial charge on any atom is -0.348 e. The molecule has 1 amide bonds. The zero-order valence-electron chi connectivity index (χ0n) is 8.86. The minimum absolute atomic E-state index is 0.0537. The fourth-order valence-corrected chi connectivity index (χ4v) is 1.80. The van der Waals surface area contributed by atoms with Crippen LogP contribution in [-0.2, 0) is 0 Å². The van der Waals surface area contributed by atoms with Crippen LogP contribution in [0.3, 0.4) is 0 Å². The maximum absolute atomic E-state index is 11.7. The molecule has 2 rings (SSSR count). The molecule has 1 aliphatic rings. The van der Waals surface area contributed by atoms with Crippen LogP contribution in [0.4, 0.5) is 0 Å². The van der Waals surface area contributed by atoms with Crippen molar-refractivity contribution >= 4 is 5.91 Å². The lowest BCUT2D eigenvalue weighted by Crippen LogP contribution is -2.43. The van der Waals surface area contributed by atoms with E-state index in [4.69, 9.17) is 0 Å². The van der Waals surface area contributed by atoms with Crippen LogP contribution in [0.5, 0.6) is 0 Å². The average Bonchev–Trinajstić information content (AvgIpc) is 2.74. The normalized spacial score (nSPS) is 19.0. The van der Waals surface area contributed by atoms with Gasteiger partial charge in [-0.25, -0.2) is 0 Å². The van der Waals surface area contributed by atoms with E-state index in [2.05, 4.69) is 27.5 Å². The van der Waals surface area contributed by atoms with Gasteiger partial charge < -0.3 is 10.2 Å². The van der Waals surface area contributed by atoms with Gasteiger partial charge in [-0.3, -0.25) is 9.89 Å². The Bertz CT molecular complexity index is 314. The zero-order valence-corrected chi connectivity index (χ0v) is 8.86. The molecule has 5 heteroatoms. The van der Waals surface area contributed by atoms with Crippen LogP contribution in [0.2, 0.25) is 0 Å². The fourth-order valence-electron chi connectivity index (χ4n) is 1.80. The van der Waals surface area contributed by atoms with Gasteiger partial charge in [0.2, 0.25) is 0 Å². The van der Waals surface area contributed by atoms with Crippen molar-refractivity contribution in [2.75, 3.05) is 20.1 Å². The van der Waals surface area contributed by atoms with Gasteiger partial charge in [0.15, 0.2) is 0 Å². The lowest BCUT2D eigenvalue weighted by atomic mass is 10.1. The Morgan fingerprint density at radius 3 is 2.93 bits per heavy atom. The summed E-state index contributed by atoms with van der Waals surface area (Å²) >= 11 is 0. The Kier molecular flexibility index (Phi) is 3.01. The largest absolute Gasteiger partial charge is 0.348 e. The standard InChI is InChI=1S/C10H16N4O/c1-14-6-3-8(4-7-14)12-10(15)9-2-5-11-13-9/h2,5,8H,3-4,6-7H2,1H3,(H,11,13)(H,12,15). The third kappa shape index (κ3) is 2.56. The third-order valence-electron chi connectivity index (χ3n) is 2.80. The van der Waals surface area contributed by atoms with Crippen LogP contribution in [0.15, 0.2) is 12.3 Å².